The zero-order chi connectivity index (χ0) is 8.55. The highest BCUT2D eigenvalue weighted by Crippen LogP contribution is 2.15. The quantitative estimate of drug-likeness (QED) is 0.391. The topological polar surface area (TPSA) is 29.9 Å². The second-order valence-electron chi connectivity index (χ2n) is 2.90. The molecule has 0 bridgehead atoms. The second kappa shape index (κ2) is 3.62. The summed E-state index contributed by atoms with van der Waals surface area (Å²) in [5, 5.41) is 1.18. The molecule has 0 amide bonds. The molecule has 2 aromatic rings. The lowest BCUT2D eigenvalue weighted by molar-refractivity contribution is -0.644. The maximum atomic E-state index is 5.84. The number of rotatable bonds is 0. The van der Waals surface area contributed by atoms with Gasteiger partial charge >= 0.3 is 0 Å². The van der Waals surface area contributed by atoms with Crippen molar-refractivity contribution >= 4 is 16.6 Å². The lowest BCUT2D eigenvalue weighted by Gasteiger charge is -1.97. The van der Waals surface area contributed by atoms with Crippen LogP contribution < -0.4 is 22.7 Å². The van der Waals surface area contributed by atoms with Crippen LogP contribution in [0.3, 0.4) is 0 Å². The molecule has 0 saturated heterocycles. The van der Waals surface area contributed by atoms with Crippen LogP contribution in [0.5, 0.6) is 0 Å². The first kappa shape index (κ1) is 9.81. The van der Waals surface area contributed by atoms with Crippen LogP contribution in [0.4, 0.5) is 5.69 Å². The fraction of sp³-hybridized carbons (Fsp3) is 0.100. The molecule has 0 saturated carbocycles. The maximum absolute atomic E-state index is 5.84. The number of aryl methyl sites for hydroxylation is 1. The summed E-state index contributed by atoms with van der Waals surface area (Å²) in [6.45, 7) is 0. The minimum atomic E-state index is 0. The number of hydrogen-bond donors (Lipinski definition) is 1. The Bertz CT molecular complexity index is 389. The molecular formula is C10H11ClN2. The van der Waals surface area contributed by atoms with Gasteiger partial charge in [0.1, 0.15) is 12.7 Å². The highest BCUT2D eigenvalue weighted by Gasteiger charge is 2.05. The van der Waals surface area contributed by atoms with E-state index in [-0.39, 0.29) is 12.4 Å². The van der Waals surface area contributed by atoms with Gasteiger partial charge in [-0.25, -0.2) is 0 Å². The first-order chi connectivity index (χ1) is 5.79. The highest BCUT2D eigenvalue weighted by atomic mass is 35.5. The van der Waals surface area contributed by atoms with E-state index in [1.807, 2.05) is 36.0 Å². The Balaban J connectivity index is 0.000000845. The number of fused-ring (bicyclic) bond motifs is 1. The van der Waals surface area contributed by atoms with Crippen molar-refractivity contribution < 1.29 is 17.0 Å². The summed E-state index contributed by atoms with van der Waals surface area (Å²) >= 11 is 0. The van der Waals surface area contributed by atoms with E-state index in [2.05, 4.69) is 12.1 Å². The zero-order valence-corrected chi connectivity index (χ0v) is 8.12. The van der Waals surface area contributed by atoms with Crippen molar-refractivity contribution in [2.75, 3.05) is 5.73 Å². The molecule has 1 aromatic heterocycles. The van der Waals surface area contributed by atoms with Crippen LogP contribution in [0.2, 0.25) is 0 Å². The number of nitrogen functional groups attached to an aromatic ring is 1. The molecule has 13 heavy (non-hydrogen) atoms. The molecule has 0 unspecified atom stereocenters. The Hall–Kier alpha value is -1.28. The van der Waals surface area contributed by atoms with Crippen molar-refractivity contribution in [3.05, 3.63) is 36.5 Å². The first-order valence-electron chi connectivity index (χ1n) is 3.92. The highest BCUT2D eigenvalue weighted by molar-refractivity contribution is 5.86. The molecule has 0 aliphatic heterocycles. The number of anilines is 1. The molecule has 2 rings (SSSR count). The summed E-state index contributed by atoms with van der Waals surface area (Å²) < 4.78 is 2.03. The standard InChI is InChI=1S/C10H11N2.ClH/c1-12-7-3-5-8-4-2-6-9(11)10(8)12;/h2-7H,11H2,1H3;1H/q+1;/p-1. The Morgan fingerprint density at radius 3 is 2.54 bits per heavy atom. The van der Waals surface area contributed by atoms with Gasteiger partial charge in [-0.3, -0.25) is 0 Å². The Labute approximate surface area is 83.4 Å². The Morgan fingerprint density at radius 1 is 1.15 bits per heavy atom. The number of aromatic nitrogens is 1. The lowest BCUT2D eigenvalue weighted by atomic mass is 10.2. The first-order valence-corrected chi connectivity index (χ1v) is 3.92. The second-order valence-corrected chi connectivity index (χ2v) is 2.90. The molecule has 68 valence electrons. The third-order valence-corrected chi connectivity index (χ3v) is 2.04. The molecule has 1 heterocycles. The van der Waals surface area contributed by atoms with Gasteiger partial charge in [-0.2, -0.15) is 4.57 Å². The zero-order valence-electron chi connectivity index (χ0n) is 7.37. The molecule has 2 nitrogen and oxygen atoms in total. The molecule has 0 atom stereocenters. The molecule has 0 spiro atoms. The fourth-order valence-corrected chi connectivity index (χ4v) is 1.47. The third kappa shape index (κ3) is 1.58. The lowest BCUT2D eigenvalue weighted by Crippen LogP contribution is -3.00. The van der Waals surface area contributed by atoms with Crippen molar-refractivity contribution in [1.29, 1.82) is 0 Å². The summed E-state index contributed by atoms with van der Waals surface area (Å²) in [5.41, 5.74) is 7.76. The van der Waals surface area contributed by atoms with Gasteiger partial charge in [0.15, 0.2) is 6.20 Å². The van der Waals surface area contributed by atoms with Gasteiger partial charge in [0.25, 0.3) is 0 Å². The van der Waals surface area contributed by atoms with E-state index in [0.29, 0.717) is 0 Å². The number of halogens is 1. The summed E-state index contributed by atoms with van der Waals surface area (Å²) in [6, 6.07) is 10.0. The predicted octanol–water partition coefficient (Wildman–Crippen LogP) is -1.75. The largest absolute Gasteiger partial charge is 1.00 e. The molecule has 1 aromatic carbocycles. The van der Waals surface area contributed by atoms with Gasteiger partial charge in [0, 0.05) is 11.5 Å². The number of pyridine rings is 1. The van der Waals surface area contributed by atoms with Crippen LogP contribution in [0.25, 0.3) is 10.9 Å². The van der Waals surface area contributed by atoms with Gasteiger partial charge in [0.05, 0.1) is 0 Å². The van der Waals surface area contributed by atoms with Crippen LogP contribution in [-0.2, 0) is 7.05 Å². The Morgan fingerprint density at radius 2 is 1.85 bits per heavy atom. The van der Waals surface area contributed by atoms with Gasteiger partial charge in [0.2, 0.25) is 5.52 Å². The predicted molar refractivity (Wildman–Crippen MR) is 49.5 cm³/mol. The van der Waals surface area contributed by atoms with E-state index < -0.39 is 0 Å². The summed E-state index contributed by atoms with van der Waals surface area (Å²) in [4.78, 5) is 0. The van der Waals surface area contributed by atoms with Gasteiger partial charge in [-0.15, -0.1) is 0 Å². The van der Waals surface area contributed by atoms with Crippen LogP contribution >= 0.6 is 0 Å². The van der Waals surface area contributed by atoms with Gasteiger partial charge in [-0.1, -0.05) is 6.07 Å². The van der Waals surface area contributed by atoms with Gasteiger partial charge in [-0.05, 0) is 18.2 Å². The van der Waals surface area contributed by atoms with Crippen molar-refractivity contribution in [3.63, 3.8) is 0 Å². The molecule has 0 fully saturated rings. The van der Waals surface area contributed by atoms with E-state index in [4.69, 9.17) is 5.73 Å². The molecule has 2 N–H and O–H groups in total. The molecule has 0 aliphatic rings. The number of para-hydroxylation sites is 1. The number of hydrogen-bond acceptors (Lipinski definition) is 1. The van der Waals surface area contributed by atoms with E-state index in [1.54, 1.807) is 0 Å². The fourth-order valence-electron chi connectivity index (χ4n) is 1.47. The van der Waals surface area contributed by atoms with Crippen molar-refractivity contribution in [2.45, 2.75) is 0 Å². The van der Waals surface area contributed by atoms with E-state index >= 15 is 0 Å². The number of benzene rings is 1. The minimum absolute atomic E-state index is 0. The van der Waals surface area contributed by atoms with Crippen LogP contribution in [0.15, 0.2) is 36.5 Å². The minimum Gasteiger partial charge on any atom is -1.00 e. The van der Waals surface area contributed by atoms with Crippen LogP contribution in [-0.4, -0.2) is 0 Å². The Kier molecular flexibility index (Phi) is 2.73. The molecule has 0 aliphatic carbocycles. The normalized spacial score (nSPS) is 9.62. The average molecular weight is 195 g/mol. The summed E-state index contributed by atoms with van der Waals surface area (Å²) in [6.07, 6.45) is 2.00. The number of nitrogens with zero attached hydrogens (tertiary/aromatic N) is 1. The monoisotopic (exact) mass is 194 g/mol. The SMILES string of the molecule is C[n+]1cccc2cccc(N)c21.[Cl-]. The number of nitrogens with two attached hydrogens (primary N) is 1. The van der Waals surface area contributed by atoms with Gasteiger partial charge < -0.3 is 18.1 Å². The molecule has 3 heteroatoms. The van der Waals surface area contributed by atoms with E-state index in [1.165, 1.54) is 5.39 Å². The summed E-state index contributed by atoms with van der Waals surface area (Å²) in [5.74, 6) is 0. The molecule has 0 radical (unpaired) electrons. The van der Waals surface area contributed by atoms with E-state index in [9.17, 15) is 0 Å². The van der Waals surface area contributed by atoms with Crippen molar-refractivity contribution in [1.82, 2.24) is 0 Å². The maximum Gasteiger partial charge on any atom is 0.235 e. The van der Waals surface area contributed by atoms with E-state index in [0.717, 1.165) is 11.2 Å². The van der Waals surface area contributed by atoms with Crippen molar-refractivity contribution in [2.24, 2.45) is 7.05 Å². The third-order valence-electron chi connectivity index (χ3n) is 2.04. The van der Waals surface area contributed by atoms with Crippen LogP contribution in [0, 0.1) is 0 Å². The summed E-state index contributed by atoms with van der Waals surface area (Å²) in [7, 11) is 2.00. The smallest absolute Gasteiger partial charge is 0.235 e. The molecular weight excluding hydrogens is 184 g/mol. The van der Waals surface area contributed by atoms with Crippen LogP contribution in [0.1, 0.15) is 0 Å². The average Bonchev–Trinajstić information content (AvgIpc) is 2.04. The van der Waals surface area contributed by atoms with Crippen molar-refractivity contribution in [3.8, 4) is 0 Å².